The Balaban J connectivity index is 1.85. The molecule has 156 valence electrons. The highest BCUT2D eigenvalue weighted by Crippen LogP contribution is 2.44. The number of nitrogens with zero attached hydrogens (tertiary/aromatic N) is 2. The van der Waals surface area contributed by atoms with Gasteiger partial charge < -0.3 is 14.8 Å². The maximum Gasteiger partial charge on any atom is 0.226 e. The number of nitrogens with one attached hydrogen (secondary N) is 1. The maximum absolute atomic E-state index is 13.7. The van der Waals surface area contributed by atoms with Crippen LogP contribution in [0.4, 0.5) is 14.6 Å². The van der Waals surface area contributed by atoms with Gasteiger partial charge in [-0.1, -0.05) is 12.1 Å². The summed E-state index contributed by atoms with van der Waals surface area (Å²) in [6, 6.07) is 8.64. The molecule has 0 fully saturated rings. The number of halogens is 2. The molecule has 2 heterocycles. The van der Waals surface area contributed by atoms with Gasteiger partial charge in [-0.25, -0.2) is 13.8 Å². The Kier molecular flexibility index (Phi) is 5.15. The Bertz CT molecular complexity index is 1090. The number of fused-ring (bicyclic) bond motifs is 1. The first-order chi connectivity index (χ1) is 14.4. The molecule has 1 aliphatic heterocycles. The third-order valence-electron chi connectivity index (χ3n) is 4.86. The minimum absolute atomic E-state index is 0.107. The number of hydrogen-bond donors (Lipinski definition) is 1. The molecule has 0 unspecified atom stereocenters. The third kappa shape index (κ3) is 3.60. The molecule has 6 nitrogen and oxygen atoms in total. The maximum atomic E-state index is 13.7. The van der Waals surface area contributed by atoms with Gasteiger partial charge in [-0.3, -0.25) is 9.36 Å². The molecule has 4 rings (SSSR count). The summed E-state index contributed by atoms with van der Waals surface area (Å²) in [6.45, 7) is 3.81. The lowest BCUT2D eigenvalue weighted by molar-refractivity contribution is -0.116. The first-order valence-electron chi connectivity index (χ1n) is 9.54. The van der Waals surface area contributed by atoms with Crippen molar-refractivity contribution in [3.8, 4) is 17.2 Å². The van der Waals surface area contributed by atoms with Crippen molar-refractivity contribution in [2.24, 2.45) is 0 Å². The van der Waals surface area contributed by atoms with E-state index in [4.69, 9.17) is 9.47 Å². The van der Waals surface area contributed by atoms with E-state index in [1.54, 1.807) is 13.2 Å². The SMILES string of the molecule is COc1cccc([C@@H]2CC(=O)Nc3c2ncn3-c2cc(F)cc(F)c2)c1OC(C)C. The van der Waals surface area contributed by atoms with Gasteiger partial charge in [-0.15, -0.1) is 0 Å². The molecule has 30 heavy (non-hydrogen) atoms. The highest BCUT2D eigenvalue weighted by atomic mass is 19.1. The van der Waals surface area contributed by atoms with Gasteiger partial charge in [0.05, 0.1) is 24.6 Å². The van der Waals surface area contributed by atoms with Gasteiger partial charge in [0.25, 0.3) is 0 Å². The Morgan fingerprint density at radius 1 is 1.20 bits per heavy atom. The molecule has 0 radical (unpaired) electrons. The number of para-hydroxylation sites is 1. The Hall–Kier alpha value is -3.42. The van der Waals surface area contributed by atoms with Crippen molar-refractivity contribution in [2.75, 3.05) is 12.4 Å². The molecule has 8 heteroatoms. The van der Waals surface area contributed by atoms with Crippen molar-refractivity contribution in [1.29, 1.82) is 0 Å². The zero-order valence-corrected chi connectivity index (χ0v) is 16.8. The predicted molar refractivity (Wildman–Crippen MR) is 107 cm³/mol. The van der Waals surface area contributed by atoms with Crippen LogP contribution in [0.5, 0.6) is 11.5 Å². The summed E-state index contributed by atoms with van der Waals surface area (Å²) in [5.41, 5.74) is 1.57. The topological polar surface area (TPSA) is 65.4 Å². The summed E-state index contributed by atoms with van der Waals surface area (Å²) in [6.07, 6.45) is 1.49. The van der Waals surface area contributed by atoms with Crippen LogP contribution >= 0.6 is 0 Å². The van der Waals surface area contributed by atoms with Crippen molar-refractivity contribution in [3.05, 3.63) is 65.6 Å². The van der Waals surface area contributed by atoms with Crippen LogP contribution in [0.1, 0.15) is 37.4 Å². The highest BCUT2D eigenvalue weighted by molar-refractivity contribution is 5.94. The number of benzene rings is 2. The summed E-state index contributed by atoms with van der Waals surface area (Å²) in [5.74, 6) is -0.591. The molecule has 1 aliphatic rings. The molecular formula is C22H21F2N3O3. The standard InChI is InChI=1S/C22H21F2N3O3/c1-12(2)30-21-16(5-4-6-18(21)29-3)17-10-19(28)26-22-20(17)25-11-27(22)15-8-13(23)7-14(24)9-15/h4-9,11-12,17H,10H2,1-3H3,(H,26,28)/t17-/m0/s1. The van der Waals surface area contributed by atoms with Crippen LogP contribution in [-0.2, 0) is 4.79 Å². The van der Waals surface area contributed by atoms with Crippen LogP contribution in [-0.4, -0.2) is 28.7 Å². The van der Waals surface area contributed by atoms with E-state index in [0.29, 0.717) is 23.0 Å². The molecule has 0 saturated carbocycles. The molecule has 0 spiro atoms. The number of methoxy groups -OCH3 is 1. The number of aromatic nitrogens is 2. The van der Waals surface area contributed by atoms with Crippen LogP contribution in [0.25, 0.3) is 5.69 Å². The van der Waals surface area contributed by atoms with Crippen LogP contribution in [0, 0.1) is 11.6 Å². The van der Waals surface area contributed by atoms with Gasteiger partial charge in [-0.2, -0.15) is 0 Å². The van der Waals surface area contributed by atoms with Crippen molar-refractivity contribution in [2.45, 2.75) is 32.3 Å². The molecule has 1 aromatic heterocycles. The van der Waals surface area contributed by atoms with E-state index >= 15 is 0 Å². The zero-order valence-electron chi connectivity index (χ0n) is 16.8. The second kappa shape index (κ2) is 7.78. The summed E-state index contributed by atoms with van der Waals surface area (Å²) >= 11 is 0. The minimum atomic E-state index is -0.716. The second-order valence-corrected chi connectivity index (χ2v) is 7.33. The van der Waals surface area contributed by atoms with Crippen molar-refractivity contribution >= 4 is 11.7 Å². The summed E-state index contributed by atoms with van der Waals surface area (Å²) in [7, 11) is 1.55. The first-order valence-corrected chi connectivity index (χ1v) is 9.54. The number of rotatable bonds is 5. The zero-order chi connectivity index (χ0) is 21.4. The minimum Gasteiger partial charge on any atom is -0.493 e. The lowest BCUT2D eigenvalue weighted by Gasteiger charge is -2.26. The number of imidazole rings is 1. The largest absolute Gasteiger partial charge is 0.493 e. The van der Waals surface area contributed by atoms with Gasteiger partial charge in [-0.05, 0) is 32.0 Å². The monoisotopic (exact) mass is 413 g/mol. The number of carbonyl (C=O) groups is 1. The van der Waals surface area contributed by atoms with Gasteiger partial charge in [0.15, 0.2) is 11.5 Å². The van der Waals surface area contributed by atoms with Crippen molar-refractivity contribution in [1.82, 2.24) is 9.55 Å². The number of amides is 1. The smallest absolute Gasteiger partial charge is 0.226 e. The Labute approximate surface area is 172 Å². The molecule has 0 saturated heterocycles. The molecule has 3 aromatic rings. The Morgan fingerprint density at radius 2 is 1.93 bits per heavy atom. The lowest BCUT2D eigenvalue weighted by atomic mass is 9.89. The van der Waals surface area contributed by atoms with E-state index in [-0.39, 0.29) is 24.1 Å². The number of carbonyl (C=O) groups excluding carboxylic acids is 1. The average Bonchev–Trinajstić information content (AvgIpc) is 3.10. The van der Waals surface area contributed by atoms with Crippen LogP contribution in [0.3, 0.4) is 0 Å². The van der Waals surface area contributed by atoms with E-state index in [2.05, 4.69) is 10.3 Å². The quantitative estimate of drug-likeness (QED) is 0.673. The molecular weight excluding hydrogens is 392 g/mol. The summed E-state index contributed by atoms with van der Waals surface area (Å²) < 4.78 is 40.4. The number of ether oxygens (including phenoxy) is 2. The van der Waals surface area contributed by atoms with Gasteiger partial charge in [0.1, 0.15) is 23.8 Å². The molecule has 1 atom stereocenters. The fourth-order valence-electron chi connectivity index (χ4n) is 3.67. The lowest BCUT2D eigenvalue weighted by Crippen LogP contribution is -2.25. The van der Waals surface area contributed by atoms with E-state index in [1.165, 1.54) is 23.0 Å². The Morgan fingerprint density at radius 3 is 2.60 bits per heavy atom. The van der Waals surface area contributed by atoms with Gasteiger partial charge >= 0.3 is 0 Å². The van der Waals surface area contributed by atoms with Gasteiger partial charge in [0.2, 0.25) is 5.91 Å². The van der Waals surface area contributed by atoms with Crippen LogP contribution in [0.15, 0.2) is 42.7 Å². The van der Waals surface area contributed by atoms with Crippen LogP contribution < -0.4 is 14.8 Å². The molecule has 0 bridgehead atoms. The summed E-state index contributed by atoms with van der Waals surface area (Å²) in [4.78, 5) is 17.0. The van der Waals surface area contributed by atoms with E-state index in [9.17, 15) is 13.6 Å². The fourth-order valence-corrected chi connectivity index (χ4v) is 3.67. The van der Waals surface area contributed by atoms with E-state index < -0.39 is 17.6 Å². The molecule has 0 aliphatic carbocycles. The second-order valence-electron chi connectivity index (χ2n) is 7.33. The average molecular weight is 413 g/mol. The fraction of sp³-hybridized carbons (Fsp3) is 0.273. The highest BCUT2D eigenvalue weighted by Gasteiger charge is 2.34. The molecule has 1 amide bonds. The third-order valence-corrected chi connectivity index (χ3v) is 4.86. The van der Waals surface area contributed by atoms with E-state index in [1.807, 2.05) is 26.0 Å². The van der Waals surface area contributed by atoms with Crippen molar-refractivity contribution < 1.29 is 23.0 Å². The van der Waals surface area contributed by atoms with Crippen molar-refractivity contribution in [3.63, 3.8) is 0 Å². The molecule has 2 aromatic carbocycles. The predicted octanol–water partition coefficient (Wildman–Crippen LogP) is 4.42. The summed E-state index contributed by atoms with van der Waals surface area (Å²) in [5, 5.41) is 2.78. The normalized spacial score (nSPS) is 15.7. The number of anilines is 1. The number of hydrogen-bond acceptors (Lipinski definition) is 4. The van der Waals surface area contributed by atoms with E-state index in [0.717, 1.165) is 11.6 Å². The molecule has 1 N–H and O–H groups in total. The first kappa shape index (κ1) is 19.9. The van der Waals surface area contributed by atoms with Crippen LogP contribution in [0.2, 0.25) is 0 Å². The van der Waals surface area contributed by atoms with Gasteiger partial charge in [0, 0.05) is 24.0 Å².